The molecule has 1 aliphatic heterocycles. The minimum atomic E-state index is -0.504. The number of hydrogen-bond donors (Lipinski definition) is 1. The summed E-state index contributed by atoms with van der Waals surface area (Å²) in [5.41, 5.74) is 0.238. The van der Waals surface area contributed by atoms with Gasteiger partial charge in [0, 0.05) is 31.7 Å². The second-order valence-corrected chi connectivity index (χ2v) is 5.23. The lowest BCUT2D eigenvalue weighted by molar-refractivity contribution is -0.384. The second-order valence-electron chi connectivity index (χ2n) is 5.23. The van der Waals surface area contributed by atoms with Crippen molar-refractivity contribution in [2.45, 2.75) is 19.4 Å². The molecule has 1 fully saturated rings. The Balaban J connectivity index is 1.95. The van der Waals surface area contributed by atoms with Crippen molar-refractivity contribution in [1.29, 1.82) is 0 Å². The number of nitro groups is 1. The predicted octanol–water partition coefficient (Wildman–Crippen LogP) is 1.13. The molecule has 110 valence electrons. The zero-order valence-electron chi connectivity index (χ0n) is 11.8. The molecule has 0 radical (unpaired) electrons. The maximum Gasteiger partial charge on any atom is 0.287 e. The number of hydrogen-bond acceptors (Lipinski definition) is 5. The van der Waals surface area contributed by atoms with Crippen molar-refractivity contribution < 1.29 is 9.72 Å². The number of carbonyl (C=O) groups excluding carboxylic acids is 1. The largest absolute Gasteiger partial charge is 0.353 e. The fraction of sp³-hybridized carbons (Fsp3) is 0.615. The number of carbonyl (C=O) groups is 1. The zero-order valence-corrected chi connectivity index (χ0v) is 11.8. The number of ketones is 1. The fourth-order valence-electron chi connectivity index (χ4n) is 2.53. The third kappa shape index (κ3) is 3.23. The van der Waals surface area contributed by atoms with Gasteiger partial charge in [0.05, 0.1) is 23.4 Å². The third-order valence-corrected chi connectivity index (χ3v) is 3.88. The van der Waals surface area contributed by atoms with Gasteiger partial charge in [-0.3, -0.25) is 19.8 Å². The molecular formula is C13H20N4O3. The lowest BCUT2D eigenvalue weighted by Gasteiger charge is -2.38. The monoisotopic (exact) mass is 280 g/mol. The van der Waals surface area contributed by atoms with Crippen LogP contribution in [0.2, 0.25) is 0 Å². The van der Waals surface area contributed by atoms with E-state index < -0.39 is 4.92 Å². The predicted molar refractivity (Wildman–Crippen MR) is 74.9 cm³/mol. The maximum absolute atomic E-state index is 12.1. The normalized spacial score (nSPS) is 21.0. The van der Waals surface area contributed by atoms with Crippen molar-refractivity contribution in [1.82, 2.24) is 14.8 Å². The standard InChI is InChI=1S/C13H20N4O3/c1-3-10-8-16(5-4-15(10)2)9-13(18)12-6-11(7-14-12)17(19)20/h6-7,10,14H,3-5,8-9H2,1-2H3. The van der Waals surface area contributed by atoms with Crippen LogP contribution < -0.4 is 0 Å². The van der Waals surface area contributed by atoms with Crippen LogP contribution in [0.1, 0.15) is 23.8 Å². The minimum Gasteiger partial charge on any atom is -0.353 e. The Morgan fingerprint density at radius 2 is 2.30 bits per heavy atom. The Hall–Kier alpha value is -1.73. The second kappa shape index (κ2) is 6.15. The molecular weight excluding hydrogens is 260 g/mol. The summed E-state index contributed by atoms with van der Waals surface area (Å²) in [5, 5.41) is 10.6. The summed E-state index contributed by atoms with van der Waals surface area (Å²) in [4.78, 5) is 29.3. The molecule has 1 N–H and O–H groups in total. The highest BCUT2D eigenvalue weighted by Gasteiger charge is 2.25. The van der Waals surface area contributed by atoms with Gasteiger partial charge in [0.2, 0.25) is 0 Å². The van der Waals surface area contributed by atoms with E-state index in [9.17, 15) is 14.9 Å². The van der Waals surface area contributed by atoms with E-state index in [1.165, 1.54) is 12.3 Å². The Morgan fingerprint density at radius 1 is 1.55 bits per heavy atom. The summed E-state index contributed by atoms with van der Waals surface area (Å²) in [6.07, 6.45) is 2.31. The summed E-state index contributed by atoms with van der Waals surface area (Å²) in [5.74, 6) is -0.0995. The number of H-pyrrole nitrogens is 1. The Labute approximate surface area is 117 Å². The van der Waals surface area contributed by atoms with Crippen LogP contribution in [0.15, 0.2) is 12.3 Å². The Bertz CT molecular complexity index is 500. The first-order chi connectivity index (χ1) is 9.51. The molecule has 1 aromatic rings. The van der Waals surface area contributed by atoms with E-state index in [0.717, 1.165) is 26.1 Å². The van der Waals surface area contributed by atoms with Crippen LogP contribution in [0, 0.1) is 10.1 Å². The number of piperazine rings is 1. The molecule has 1 saturated heterocycles. The quantitative estimate of drug-likeness (QED) is 0.496. The summed E-state index contributed by atoms with van der Waals surface area (Å²) in [7, 11) is 2.10. The number of aromatic amines is 1. The topological polar surface area (TPSA) is 82.5 Å². The van der Waals surface area contributed by atoms with Crippen LogP contribution in [0.25, 0.3) is 0 Å². The van der Waals surface area contributed by atoms with Crippen molar-refractivity contribution in [2.75, 3.05) is 33.2 Å². The average molecular weight is 280 g/mol. The average Bonchev–Trinajstić information content (AvgIpc) is 2.91. The third-order valence-electron chi connectivity index (χ3n) is 3.88. The van der Waals surface area contributed by atoms with Gasteiger partial charge in [0.25, 0.3) is 5.69 Å². The summed E-state index contributed by atoms with van der Waals surface area (Å²) < 4.78 is 0. The van der Waals surface area contributed by atoms with Crippen molar-refractivity contribution in [3.8, 4) is 0 Å². The zero-order chi connectivity index (χ0) is 14.7. The lowest BCUT2D eigenvalue weighted by atomic mass is 10.1. The van der Waals surface area contributed by atoms with Crippen LogP contribution in [0.4, 0.5) is 5.69 Å². The van der Waals surface area contributed by atoms with Gasteiger partial charge in [-0.2, -0.15) is 0 Å². The van der Waals surface area contributed by atoms with Gasteiger partial charge in [-0.25, -0.2) is 0 Å². The SMILES string of the molecule is CCC1CN(CC(=O)c2cc([N+](=O)[O-])c[nH]2)CCN1C. The molecule has 0 aliphatic carbocycles. The molecule has 0 spiro atoms. The molecule has 0 aromatic carbocycles. The van der Waals surface area contributed by atoms with Gasteiger partial charge < -0.3 is 9.88 Å². The van der Waals surface area contributed by atoms with Crippen molar-refractivity contribution in [3.05, 3.63) is 28.1 Å². The van der Waals surface area contributed by atoms with E-state index in [1.807, 2.05) is 0 Å². The highest BCUT2D eigenvalue weighted by atomic mass is 16.6. The van der Waals surface area contributed by atoms with Crippen LogP contribution in [-0.2, 0) is 0 Å². The first-order valence-electron chi connectivity index (χ1n) is 6.80. The summed E-state index contributed by atoms with van der Waals surface area (Å²) >= 11 is 0. The molecule has 20 heavy (non-hydrogen) atoms. The summed E-state index contributed by atoms with van der Waals surface area (Å²) in [6, 6.07) is 1.77. The van der Waals surface area contributed by atoms with E-state index in [-0.39, 0.29) is 11.5 Å². The fourth-order valence-corrected chi connectivity index (χ4v) is 2.53. The molecule has 2 rings (SSSR count). The highest BCUT2D eigenvalue weighted by molar-refractivity contribution is 5.96. The molecule has 2 heterocycles. The van der Waals surface area contributed by atoms with Crippen molar-refractivity contribution >= 4 is 11.5 Å². The van der Waals surface area contributed by atoms with Crippen LogP contribution in [-0.4, -0.2) is 64.8 Å². The smallest absolute Gasteiger partial charge is 0.287 e. The first kappa shape index (κ1) is 14.7. The van der Waals surface area contributed by atoms with Crippen molar-refractivity contribution in [2.24, 2.45) is 0 Å². The number of rotatable bonds is 5. The van der Waals surface area contributed by atoms with Crippen molar-refractivity contribution in [3.63, 3.8) is 0 Å². The number of aromatic nitrogens is 1. The highest BCUT2D eigenvalue weighted by Crippen LogP contribution is 2.15. The van der Waals surface area contributed by atoms with E-state index >= 15 is 0 Å². The van der Waals surface area contributed by atoms with E-state index in [2.05, 4.69) is 28.8 Å². The van der Waals surface area contributed by atoms with Crippen LogP contribution in [0.3, 0.4) is 0 Å². The first-order valence-corrected chi connectivity index (χ1v) is 6.80. The number of likely N-dealkylation sites (N-methyl/N-ethyl adjacent to an activating group) is 1. The van der Waals surface area contributed by atoms with Crippen LogP contribution >= 0.6 is 0 Å². The maximum atomic E-state index is 12.1. The van der Waals surface area contributed by atoms with E-state index in [1.54, 1.807) is 0 Å². The number of Topliss-reactive ketones (excluding diaryl/α,β-unsaturated/α-hetero) is 1. The van der Waals surface area contributed by atoms with Crippen LogP contribution in [0.5, 0.6) is 0 Å². The molecule has 1 unspecified atom stereocenters. The molecule has 1 aliphatic rings. The number of nitrogens with zero attached hydrogens (tertiary/aromatic N) is 3. The molecule has 1 aromatic heterocycles. The Kier molecular flexibility index (Phi) is 4.51. The Morgan fingerprint density at radius 3 is 2.90 bits per heavy atom. The molecule has 0 amide bonds. The summed E-state index contributed by atoms with van der Waals surface area (Å²) in [6.45, 7) is 5.10. The molecule has 0 bridgehead atoms. The molecule has 7 nitrogen and oxygen atoms in total. The molecule has 0 saturated carbocycles. The van der Waals surface area contributed by atoms with Gasteiger partial charge in [-0.15, -0.1) is 0 Å². The van der Waals surface area contributed by atoms with Gasteiger partial charge in [-0.05, 0) is 13.5 Å². The molecule has 1 atom stereocenters. The minimum absolute atomic E-state index is 0.0711. The van der Waals surface area contributed by atoms with E-state index in [4.69, 9.17) is 0 Å². The van der Waals surface area contributed by atoms with Gasteiger partial charge in [0.1, 0.15) is 0 Å². The lowest BCUT2D eigenvalue weighted by Crippen LogP contribution is -2.52. The number of nitrogens with one attached hydrogen (secondary N) is 1. The van der Waals surface area contributed by atoms with Gasteiger partial charge in [0.15, 0.2) is 5.78 Å². The van der Waals surface area contributed by atoms with E-state index in [0.29, 0.717) is 18.3 Å². The van der Waals surface area contributed by atoms with Gasteiger partial charge in [-0.1, -0.05) is 6.92 Å². The molecule has 7 heteroatoms. The van der Waals surface area contributed by atoms with Gasteiger partial charge >= 0.3 is 0 Å².